The fourth-order valence-corrected chi connectivity index (χ4v) is 3.82. The SMILES string of the molecule is CCOc1ccc(NC(=O)/C(C#N)=C\c2ccc(CNS(=O)(=O)c3ccc(C)cc3)o2)cc1. The number of anilines is 1. The Hall–Kier alpha value is -3.87. The van der Waals surface area contributed by atoms with E-state index < -0.39 is 15.9 Å². The molecule has 0 saturated carbocycles. The van der Waals surface area contributed by atoms with Gasteiger partial charge in [0.1, 0.15) is 28.9 Å². The van der Waals surface area contributed by atoms with Gasteiger partial charge in [0, 0.05) is 11.8 Å². The molecule has 3 aromatic rings. The zero-order valence-electron chi connectivity index (χ0n) is 18.2. The Labute approximate surface area is 192 Å². The van der Waals surface area contributed by atoms with Gasteiger partial charge in [0.05, 0.1) is 18.0 Å². The second-order valence-electron chi connectivity index (χ2n) is 7.02. The normalized spacial score (nSPS) is 11.6. The summed E-state index contributed by atoms with van der Waals surface area (Å²) in [6, 6.07) is 18.2. The van der Waals surface area contributed by atoms with Gasteiger partial charge in [0.2, 0.25) is 10.0 Å². The van der Waals surface area contributed by atoms with Gasteiger partial charge in [0.15, 0.2) is 0 Å². The number of ether oxygens (including phenoxy) is 1. The molecule has 3 rings (SSSR count). The second-order valence-corrected chi connectivity index (χ2v) is 8.79. The summed E-state index contributed by atoms with van der Waals surface area (Å²) in [5, 5.41) is 12.0. The number of nitriles is 1. The Morgan fingerprint density at radius 1 is 1.09 bits per heavy atom. The molecule has 1 amide bonds. The first kappa shape index (κ1) is 23.8. The Morgan fingerprint density at radius 2 is 1.79 bits per heavy atom. The third-order valence-electron chi connectivity index (χ3n) is 4.53. The summed E-state index contributed by atoms with van der Waals surface area (Å²) < 4.78 is 38.2. The zero-order chi connectivity index (χ0) is 23.8. The molecule has 0 atom stereocenters. The molecule has 8 nitrogen and oxygen atoms in total. The molecule has 170 valence electrons. The van der Waals surface area contributed by atoms with Crippen LogP contribution in [-0.4, -0.2) is 20.9 Å². The largest absolute Gasteiger partial charge is 0.494 e. The van der Waals surface area contributed by atoms with E-state index >= 15 is 0 Å². The smallest absolute Gasteiger partial charge is 0.266 e. The Bertz CT molecular complexity index is 1290. The van der Waals surface area contributed by atoms with Crippen LogP contribution in [0.5, 0.6) is 5.75 Å². The van der Waals surface area contributed by atoms with Crippen molar-refractivity contribution < 1.29 is 22.4 Å². The third kappa shape index (κ3) is 6.55. The van der Waals surface area contributed by atoms with Crippen molar-refractivity contribution in [2.24, 2.45) is 0 Å². The van der Waals surface area contributed by atoms with E-state index in [4.69, 9.17) is 9.15 Å². The van der Waals surface area contributed by atoms with Gasteiger partial charge < -0.3 is 14.5 Å². The number of carbonyl (C=O) groups is 1. The van der Waals surface area contributed by atoms with E-state index in [0.717, 1.165) is 5.56 Å². The van der Waals surface area contributed by atoms with Gasteiger partial charge in [-0.2, -0.15) is 5.26 Å². The number of furan rings is 1. The van der Waals surface area contributed by atoms with E-state index in [2.05, 4.69) is 10.0 Å². The highest BCUT2D eigenvalue weighted by molar-refractivity contribution is 7.89. The summed E-state index contributed by atoms with van der Waals surface area (Å²) in [6.45, 7) is 4.20. The van der Waals surface area contributed by atoms with Gasteiger partial charge in [-0.3, -0.25) is 4.79 Å². The molecule has 0 aliphatic carbocycles. The first-order valence-corrected chi connectivity index (χ1v) is 11.6. The van der Waals surface area contributed by atoms with E-state index in [1.54, 1.807) is 48.5 Å². The highest BCUT2D eigenvalue weighted by atomic mass is 32.2. The van der Waals surface area contributed by atoms with Crippen molar-refractivity contribution in [2.45, 2.75) is 25.3 Å². The summed E-state index contributed by atoms with van der Waals surface area (Å²) in [7, 11) is -3.70. The lowest BCUT2D eigenvalue weighted by Crippen LogP contribution is -2.22. The Balaban J connectivity index is 1.64. The fraction of sp³-hybridized carbons (Fsp3) is 0.167. The van der Waals surface area contributed by atoms with Crippen molar-refractivity contribution >= 4 is 27.7 Å². The van der Waals surface area contributed by atoms with Gasteiger partial charge >= 0.3 is 0 Å². The first-order valence-electron chi connectivity index (χ1n) is 10.1. The molecule has 0 aliphatic heterocycles. The minimum Gasteiger partial charge on any atom is -0.494 e. The first-order chi connectivity index (χ1) is 15.8. The number of nitrogens with one attached hydrogen (secondary N) is 2. The number of sulfonamides is 1. The Morgan fingerprint density at radius 3 is 2.42 bits per heavy atom. The topological polar surface area (TPSA) is 121 Å². The maximum absolute atomic E-state index is 12.4. The molecule has 0 fully saturated rings. The van der Waals surface area contributed by atoms with Crippen LogP contribution in [0.1, 0.15) is 24.0 Å². The van der Waals surface area contributed by atoms with Crippen LogP contribution in [0.3, 0.4) is 0 Å². The molecule has 0 aliphatic rings. The molecule has 0 bridgehead atoms. The molecule has 0 saturated heterocycles. The quantitative estimate of drug-likeness (QED) is 0.364. The highest BCUT2D eigenvalue weighted by Crippen LogP contribution is 2.18. The maximum atomic E-state index is 12.4. The van der Waals surface area contributed by atoms with E-state index in [9.17, 15) is 18.5 Å². The lowest BCUT2D eigenvalue weighted by Gasteiger charge is -2.06. The van der Waals surface area contributed by atoms with Crippen molar-refractivity contribution in [2.75, 3.05) is 11.9 Å². The van der Waals surface area contributed by atoms with Gasteiger partial charge in [-0.1, -0.05) is 17.7 Å². The molecule has 1 aromatic heterocycles. The molecule has 2 N–H and O–H groups in total. The summed E-state index contributed by atoms with van der Waals surface area (Å²) >= 11 is 0. The minimum atomic E-state index is -3.70. The number of rotatable bonds is 9. The molecule has 0 unspecified atom stereocenters. The summed E-state index contributed by atoms with van der Waals surface area (Å²) in [5.41, 5.74) is 1.30. The maximum Gasteiger partial charge on any atom is 0.266 e. The van der Waals surface area contributed by atoms with Gasteiger partial charge in [0.25, 0.3) is 5.91 Å². The van der Waals surface area contributed by atoms with Crippen LogP contribution in [0.2, 0.25) is 0 Å². The number of amides is 1. The van der Waals surface area contributed by atoms with Crippen molar-refractivity contribution in [3.05, 3.63) is 83.3 Å². The van der Waals surface area contributed by atoms with Crippen molar-refractivity contribution in [3.8, 4) is 11.8 Å². The summed E-state index contributed by atoms with van der Waals surface area (Å²) in [4.78, 5) is 12.6. The number of nitrogens with zero attached hydrogens (tertiary/aromatic N) is 1. The van der Waals surface area contributed by atoms with Gasteiger partial charge in [-0.15, -0.1) is 0 Å². The lowest BCUT2D eigenvalue weighted by molar-refractivity contribution is -0.112. The predicted octanol–water partition coefficient (Wildman–Crippen LogP) is 4.01. The third-order valence-corrected chi connectivity index (χ3v) is 5.94. The Kier molecular flexibility index (Phi) is 7.66. The summed E-state index contributed by atoms with van der Waals surface area (Å²) in [5.74, 6) is 0.659. The molecular weight excluding hydrogens is 442 g/mol. The number of aryl methyl sites for hydroxylation is 1. The standard InChI is InChI=1S/C24H23N3O5S/c1-3-31-20-8-6-19(7-9-20)27-24(28)18(15-25)14-21-10-11-22(32-21)16-26-33(29,30)23-12-4-17(2)5-13-23/h4-14,26H,3,16H2,1-2H3,(H,27,28)/b18-14-. The van der Waals surface area contributed by atoms with Crippen LogP contribution in [-0.2, 0) is 21.4 Å². The molecule has 1 heterocycles. The van der Waals surface area contributed by atoms with Crippen LogP contribution in [0.15, 0.2) is 75.5 Å². The second kappa shape index (κ2) is 10.6. The monoisotopic (exact) mass is 465 g/mol. The van der Waals surface area contributed by atoms with Crippen LogP contribution in [0, 0.1) is 18.3 Å². The number of hydrogen-bond acceptors (Lipinski definition) is 6. The van der Waals surface area contributed by atoms with Crippen molar-refractivity contribution in [1.29, 1.82) is 5.26 Å². The molecule has 0 spiro atoms. The fourth-order valence-electron chi connectivity index (χ4n) is 2.82. The van der Waals surface area contributed by atoms with Crippen LogP contribution < -0.4 is 14.8 Å². The van der Waals surface area contributed by atoms with Gasteiger partial charge in [-0.25, -0.2) is 13.1 Å². The van der Waals surface area contributed by atoms with Crippen molar-refractivity contribution in [3.63, 3.8) is 0 Å². The summed E-state index contributed by atoms with van der Waals surface area (Å²) in [6.07, 6.45) is 1.29. The van der Waals surface area contributed by atoms with E-state index in [1.165, 1.54) is 18.2 Å². The average molecular weight is 466 g/mol. The van der Waals surface area contributed by atoms with Crippen LogP contribution in [0.4, 0.5) is 5.69 Å². The molecule has 33 heavy (non-hydrogen) atoms. The molecular formula is C24H23N3O5S. The van der Waals surface area contributed by atoms with Crippen molar-refractivity contribution in [1.82, 2.24) is 4.72 Å². The molecule has 2 aromatic carbocycles. The van der Waals surface area contributed by atoms with Gasteiger partial charge in [-0.05, 0) is 62.4 Å². The highest BCUT2D eigenvalue weighted by Gasteiger charge is 2.15. The number of carbonyl (C=O) groups excluding carboxylic acids is 1. The van der Waals surface area contributed by atoms with Crippen LogP contribution in [0.25, 0.3) is 6.08 Å². The number of hydrogen-bond donors (Lipinski definition) is 2. The van der Waals surface area contributed by atoms with Crippen LogP contribution >= 0.6 is 0 Å². The van der Waals surface area contributed by atoms with E-state index in [1.807, 2.05) is 19.9 Å². The predicted molar refractivity (Wildman–Crippen MR) is 124 cm³/mol. The van der Waals surface area contributed by atoms with E-state index in [-0.39, 0.29) is 22.8 Å². The molecule has 9 heteroatoms. The van der Waals surface area contributed by atoms with E-state index in [0.29, 0.717) is 23.8 Å². The molecule has 0 radical (unpaired) electrons. The minimum absolute atomic E-state index is 0.0791. The lowest BCUT2D eigenvalue weighted by atomic mass is 10.2. The average Bonchev–Trinajstić information content (AvgIpc) is 3.25. The number of benzene rings is 2. The zero-order valence-corrected chi connectivity index (χ0v) is 19.0.